The predicted molar refractivity (Wildman–Crippen MR) is 63.8 cm³/mol. The molecule has 1 aromatic carbocycles. The molecule has 0 amide bonds. The first kappa shape index (κ1) is 10.5. The number of halogens is 1. The molecule has 1 aromatic heterocycles. The van der Waals surface area contributed by atoms with E-state index in [1.54, 1.807) is 24.4 Å². The van der Waals surface area contributed by atoms with Gasteiger partial charge in [0.15, 0.2) is 0 Å². The van der Waals surface area contributed by atoms with E-state index >= 15 is 0 Å². The van der Waals surface area contributed by atoms with E-state index in [2.05, 4.69) is 4.98 Å². The van der Waals surface area contributed by atoms with Gasteiger partial charge in [-0.05, 0) is 23.8 Å². The fourth-order valence-electron chi connectivity index (χ4n) is 1.37. The summed E-state index contributed by atoms with van der Waals surface area (Å²) in [6, 6.07) is 9.14. The van der Waals surface area contributed by atoms with Crippen LogP contribution in [0.1, 0.15) is 5.56 Å². The molecule has 2 aromatic rings. The molecule has 1 heterocycles. The van der Waals surface area contributed by atoms with Crippen molar-refractivity contribution in [2.45, 2.75) is 0 Å². The fourth-order valence-corrected chi connectivity index (χ4v) is 1.55. The SMILES string of the molecule is N#Cc1cncc(-c2ccc(N)c(Cl)c2)c1. The van der Waals surface area contributed by atoms with Gasteiger partial charge in [-0.3, -0.25) is 4.98 Å². The van der Waals surface area contributed by atoms with Gasteiger partial charge in [-0.2, -0.15) is 5.26 Å². The monoisotopic (exact) mass is 229 g/mol. The lowest BCUT2D eigenvalue weighted by Gasteiger charge is -2.03. The van der Waals surface area contributed by atoms with Crippen LogP contribution in [0.4, 0.5) is 5.69 Å². The van der Waals surface area contributed by atoms with Gasteiger partial charge >= 0.3 is 0 Å². The number of benzene rings is 1. The lowest BCUT2D eigenvalue weighted by Crippen LogP contribution is -1.87. The van der Waals surface area contributed by atoms with Crippen molar-refractivity contribution in [1.82, 2.24) is 4.98 Å². The highest BCUT2D eigenvalue weighted by Crippen LogP contribution is 2.26. The van der Waals surface area contributed by atoms with Crippen molar-refractivity contribution in [1.29, 1.82) is 5.26 Å². The molecule has 2 rings (SSSR count). The van der Waals surface area contributed by atoms with Crippen LogP contribution in [0.2, 0.25) is 5.02 Å². The molecule has 3 nitrogen and oxygen atoms in total. The van der Waals surface area contributed by atoms with Gasteiger partial charge in [0, 0.05) is 18.0 Å². The molecule has 0 spiro atoms. The molecule has 0 saturated carbocycles. The highest BCUT2D eigenvalue weighted by molar-refractivity contribution is 6.33. The van der Waals surface area contributed by atoms with E-state index in [-0.39, 0.29) is 0 Å². The molecule has 0 aliphatic carbocycles. The smallest absolute Gasteiger partial charge is 0.101 e. The van der Waals surface area contributed by atoms with E-state index < -0.39 is 0 Å². The number of nitrogens with two attached hydrogens (primary N) is 1. The summed E-state index contributed by atoms with van der Waals surface area (Å²) in [5.41, 5.74) is 8.42. The van der Waals surface area contributed by atoms with Gasteiger partial charge in [-0.25, -0.2) is 0 Å². The molecule has 0 saturated heterocycles. The quantitative estimate of drug-likeness (QED) is 0.765. The number of nitriles is 1. The Morgan fingerprint density at radius 2 is 2.00 bits per heavy atom. The van der Waals surface area contributed by atoms with Gasteiger partial charge < -0.3 is 5.73 Å². The number of aromatic nitrogens is 1. The standard InChI is InChI=1S/C12H8ClN3/c13-11-4-9(1-2-12(11)15)10-3-8(5-14)6-16-7-10/h1-4,6-7H,15H2. The maximum Gasteiger partial charge on any atom is 0.101 e. The summed E-state index contributed by atoms with van der Waals surface area (Å²) in [6.45, 7) is 0. The summed E-state index contributed by atoms with van der Waals surface area (Å²) in [7, 11) is 0. The largest absolute Gasteiger partial charge is 0.398 e. The topological polar surface area (TPSA) is 62.7 Å². The van der Waals surface area contributed by atoms with Gasteiger partial charge in [0.05, 0.1) is 16.3 Å². The average molecular weight is 230 g/mol. The van der Waals surface area contributed by atoms with Crippen molar-refractivity contribution in [3.8, 4) is 17.2 Å². The fraction of sp³-hybridized carbons (Fsp3) is 0. The molecule has 0 unspecified atom stereocenters. The summed E-state index contributed by atoms with van der Waals surface area (Å²) in [5, 5.41) is 9.27. The summed E-state index contributed by atoms with van der Waals surface area (Å²) in [4.78, 5) is 3.99. The van der Waals surface area contributed by atoms with Crippen LogP contribution in [-0.4, -0.2) is 4.98 Å². The number of rotatable bonds is 1. The lowest BCUT2D eigenvalue weighted by atomic mass is 10.1. The van der Waals surface area contributed by atoms with Crippen molar-refractivity contribution in [3.63, 3.8) is 0 Å². The minimum atomic E-state index is 0.500. The van der Waals surface area contributed by atoms with Gasteiger partial charge in [0.1, 0.15) is 6.07 Å². The van der Waals surface area contributed by atoms with Gasteiger partial charge in [-0.1, -0.05) is 17.7 Å². The molecular weight excluding hydrogens is 222 g/mol. The lowest BCUT2D eigenvalue weighted by molar-refractivity contribution is 1.30. The molecule has 4 heteroatoms. The van der Waals surface area contributed by atoms with Crippen molar-refractivity contribution in [3.05, 3.63) is 47.2 Å². The second kappa shape index (κ2) is 4.21. The molecule has 16 heavy (non-hydrogen) atoms. The number of hydrogen-bond acceptors (Lipinski definition) is 3. The van der Waals surface area contributed by atoms with E-state index in [9.17, 15) is 0 Å². The van der Waals surface area contributed by atoms with Crippen LogP contribution < -0.4 is 5.73 Å². The van der Waals surface area contributed by atoms with Crippen LogP contribution in [0.15, 0.2) is 36.7 Å². The first-order chi connectivity index (χ1) is 7.70. The number of hydrogen-bond donors (Lipinski definition) is 1. The minimum absolute atomic E-state index is 0.500. The summed E-state index contributed by atoms with van der Waals surface area (Å²) in [6.07, 6.45) is 3.20. The average Bonchev–Trinajstić information content (AvgIpc) is 2.33. The predicted octanol–water partition coefficient (Wildman–Crippen LogP) is 2.86. The van der Waals surface area contributed by atoms with E-state index in [0.29, 0.717) is 16.3 Å². The molecule has 0 atom stereocenters. The zero-order valence-corrected chi connectivity index (χ0v) is 9.07. The normalized spacial score (nSPS) is 9.75. The number of pyridine rings is 1. The number of anilines is 1. The van der Waals surface area contributed by atoms with Crippen LogP contribution in [0.5, 0.6) is 0 Å². The second-order valence-corrected chi connectivity index (χ2v) is 3.72. The van der Waals surface area contributed by atoms with E-state index in [1.807, 2.05) is 12.1 Å². The summed E-state index contributed by atoms with van der Waals surface area (Å²) in [5.74, 6) is 0. The van der Waals surface area contributed by atoms with Crippen LogP contribution in [0, 0.1) is 11.3 Å². The third-order valence-corrected chi connectivity index (χ3v) is 2.53. The zero-order chi connectivity index (χ0) is 11.5. The molecule has 78 valence electrons. The van der Waals surface area contributed by atoms with E-state index in [1.165, 1.54) is 6.20 Å². The van der Waals surface area contributed by atoms with Gasteiger partial charge in [-0.15, -0.1) is 0 Å². The Kier molecular flexibility index (Phi) is 2.76. The van der Waals surface area contributed by atoms with Crippen LogP contribution >= 0.6 is 11.6 Å². The van der Waals surface area contributed by atoms with E-state index in [4.69, 9.17) is 22.6 Å². The molecule has 2 N–H and O–H groups in total. The van der Waals surface area contributed by atoms with Crippen LogP contribution in [0.3, 0.4) is 0 Å². The Bertz CT molecular complexity index is 573. The van der Waals surface area contributed by atoms with Crippen molar-refractivity contribution >= 4 is 17.3 Å². The van der Waals surface area contributed by atoms with Crippen LogP contribution in [-0.2, 0) is 0 Å². The first-order valence-electron chi connectivity index (χ1n) is 4.61. The molecule has 0 fully saturated rings. The van der Waals surface area contributed by atoms with Gasteiger partial charge in [0.25, 0.3) is 0 Å². The Hall–Kier alpha value is -2.05. The first-order valence-corrected chi connectivity index (χ1v) is 4.99. The van der Waals surface area contributed by atoms with Crippen molar-refractivity contribution < 1.29 is 0 Å². The van der Waals surface area contributed by atoms with E-state index in [0.717, 1.165) is 11.1 Å². The second-order valence-electron chi connectivity index (χ2n) is 3.31. The Balaban J connectivity index is 2.51. The number of nitrogens with zero attached hydrogens (tertiary/aromatic N) is 2. The third kappa shape index (κ3) is 1.97. The Morgan fingerprint density at radius 1 is 1.19 bits per heavy atom. The molecular formula is C12H8ClN3. The highest BCUT2D eigenvalue weighted by Gasteiger charge is 2.02. The third-order valence-electron chi connectivity index (χ3n) is 2.20. The molecule has 0 aliphatic rings. The maximum absolute atomic E-state index is 8.77. The Morgan fingerprint density at radius 3 is 2.69 bits per heavy atom. The van der Waals surface area contributed by atoms with Crippen molar-refractivity contribution in [2.24, 2.45) is 0 Å². The summed E-state index contributed by atoms with van der Waals surface area (Å²) >= 11 is 5.93. The van der Waals surface area contributed by atoms with Crippen molar-refractivity contribution in [2.75, 3.05) is 5.73 Å². The minimum Gasteiger partial charge on any atom is -0.398 e. The van der Waals surface area contributed by atoms with Crippen LogP contribution in [0.25, 0.3) is 11.1 Å². The maximum atomic E-state index is 8.77. The molecule has 0 aliphatic heterocycles. The number of nitrogen functional groups attached to an aromatic ring is 1. The Labute approximate surface area is 98.1 Å². The summed E-state index contributed by atoms with van der Waals surface area (Å²) < 4.78 is 0. The zero-order valence-electron chi connectivity index (χ0n) is 8.31. The molecule has 0 radical (unpaired) electrons. The molecule has 0 bridgehead atoms. The highest BCUT2D eigenvalue weighted by atomic mass is 35.5. The van der Waals surface area contributed by atoms with Gasteiger partial charge in [0.2, 0.25) is 0 Å².